The van der Waals surface area contributed by atoms with Gasteiger partial charge in [-0.05, 0) is 95.3 Å². The van der Waals surface area contributed by atoms with Crippen LogP contribution >= 0.6 is 0 Å². The molecule has 0 bridgehead atoms. The number of hydrogen-bond donors (Lipinski definition) is 3. The van der Waals surface area contributed by atoms with Crippen molar-refractivity contribution in [3.8, 4) is 0 Å². The summed E-state index contributed by atoms with van der Waals surface area (Å²) in [6.45, 7) is 32.8. The zero-order chi connectivity index (χ0) is 70.8. The smallest absolute Gasteiger partial charge is 0.246 e. The Morgan fingerprint density at radius 2 is 0.978 bits per heavy atom. The Bertz CT molecular complexity index is 2490. The van der Waals surface area contributed by atoms with Gasteiger partial charge in [0.2, 0.25) is 47.3 Å². The number of hydrogen-bond acceptors (Lipinski definition) is 14. The summed E-state index contributed by atoms with van der Waals surface area (Å²) in [4.78, 5) is 172. The van der Waals surface area contributed by atoms with Gasteiger partial charge in [-0.15, -0.1) is 0 Å². The van der Waals surface area contributed by atoms with Gasteiger partial charge in [0.1, 0.15) is 42.0 Å². The minimum absolute atomic E-state index is 0.00681. The highest BCUT2D eigenvalue weighted by Crippen LogP contribution is 2.30. The second-order valence-electron chi connectivity index (χ2n) is 29.0. The number of carbonyl (C=O) groups excluding carboxylic acids is 11. The van der Waals surface area contributed by atoms with Crippen LogP contribution in [0.1, 0.15) is 183 Å². The molecule has 1 rings (SSSR count). The minimum Gasteiger partial charge on any atom is -0.390 e. The maximum absolute atomic E-state index is 15.3. The molecule has 91 heavy (non-hydrogen) atoms. The Balaban J connectivity index is 4.46. The lowest BCUT2D eigenvalue weighted by Crippen LogP contribution is -2.63. The topological polar surface area (TPSA) is 272 Å². The molecular formula is C69H122N8O14. The third-order valence-corrected chi connectivity index (χ3v) is 18.1. The Morgan fingerprint density at radius 1 is 0.527 bits per heavy atom. The van der Waals surface area contributed by atoms with Crippen molar-refractivity contribution in [1.29, 1.82) is 0 Å². The SMILES string of the molecule is C/C=C/C[C@@H](C)[C@@H](O)C1C(=O)N[C@@H](CC)C(=O)N(C)[C@H](C)C(=O)N(C)[C@@H]([C@H](C)COCC(C)(C)O)C(=O)C[C@@H](C(C)C)C(=O)N(C)[C@@H](CC(C)C)C(=O)C[C@@H](C)C(=O)C[C@H](C)C(=O)N(C)[C@@H](CC(C)C)C(=O)N(C)[C@@H](CC(C)C)C(=O)N(C)[C@@H](C(C)C)C(=O)N1C. The van der Waals surface area contributed by atoms with Crippen molar-refractivity contribution in [3.05, 3.63) is 12.2 Å². The first-order valence-electron chi connectivity index (χ1n) is 33.2. The molecule has 0 radical (unpaired) electrons. The van der Waals surface area contributed by atoms with Gasteiger partial charge in [-0.3, -0.25) is 52.7 Å². The number of Topliss-reactive ketones (excluding diaryl/α,β-unsaturated/α-hetero) is 3. The third kappa shape index (κ3) is 23.7. The van der Waals surface area contributed by atoms with Gasteiger partial charge in [0.05, 0.1) is 37.0 Å². The fraction of sp³-hybridized carbons (Fsp3) is 0.812. The van der Waals surface area contributed by atoms with E-state index >= 15 is 19.2 Å². The molecule has 1 fully saturated rings. The molecule has 1 aliphatic rings. The fourth-order valence-electron chi connectivity index (χ4n) is 12.2. The van der Waals surface area contributed by atoms with Crippen LogP contribution in [0.15, 0.2) is 12.2 Å². The molecule has 1 aliphatic heterocycles. The van der Waals surface area contributed by atoms with Crippen molar-refractivity contribution in [2.24, 2.45) is 59.2 Å². The molecule has 8 amide bonds. The molecule has 0 aromatic heterocycles. The van der Waals surface area contributed by atoms with Crippen LogP contribution in [0, 0.1) is 59.2 Å². The summed E-state index contributed by atoms with van der Waals surface area (Å²) in [5.41, 5.74) is -1.24. The van der Waals surface area contributed by atoms with E-state index in [1.54, 1.807) is 95.2 Å². The summed E-state index contributed by atoms with van der Waals surface area (Å²) < 4.78 is 5.90. The monoisotopic (exact) mass is 1290 g/mol. The molecule has 0 spiro atoms. The number of likely N-dealkylation sites (N-methyl/N-ethyl adjacent to an activating group) is 7. The normalized spacial score (nSPS) is 27.5. The number of ketones is 3. The number of aliphatic hydroxyl groups is 2. The van der Waals surface area contributed by atoms with E-state index in [1.807, 2.05) is 41.5 Å². The first-order chi connectivity index (χ1) is 41.8. The molecule has 14 atom stereocenters. The van der Waals surface area contributed by atoms with Crippen molar-refractivity contribution in [3.63, 3.8) is 0 Å². The van der Waals surface area contributed by atoms with E-state index in [-0.39, 0.29) is 87.5 Å². The average Bonchev–Trinajstić information content (AvgIpc) is 1.07. The summed E-state index contributed by atoms with van der Waals surface area (Å²) in [6, 6.07) is -9.98. The zero-order valence-electron chi connectivity index (χ0n) is 60.6. The van der Waals surface area contributed by atoms with Gasteiger partial charge in [-0.25, -0.2) is 0 Å². The summed E-state index contributed by atoms with van der Waals surface area (Å²) in [6.07, 6.45) is 2.03. The van der Waals surface area contributed by atoms with Crippen molar-refractivity contribution < 1.29 is 67.7 Å². The lowest BCUT2D eigenvalue weighted by atomic mass is 9.83. The van der Waals surface area contributed by atoms with Gasteiger partial charge in [0.15, 0.2) is 11.6 Å². The van der Waals surface area contributed by atoms with Crippen LogP contribution in [0.5, 0.6) is 0 Å². The van der Waals surface area contributed by atoms with Crippen molar-refractivity contribution in [2.75, 3.05) is 62.5 Å². The molecule has 22 heteroatoms. The molecule has 522 valence electrons. The molecule has 0 aromatic carbocycles. The van der Waals surface area contributed by atoms with E-state index in [2.05, 4.69) is 5.32 Å². The molecule has 1 unspecified atom stereocenters. The molecule has 0 aliphatic carbocycles. The van der Waals surface area contributed by atoms with Crippen molar-refractivity contribution >= 4 is 64.6 Å². The van der Waals surface area contributed by atoms with Crippen LogP contribution < -0.4 is 5.32 Å². The standard InChI is InChI=1S/C69H122N8O14/c1-27-29-30-44(13)60(81)59-61(82)70-50(28-2)65(86)71(20)48(17)63(84)76(25)58(47(16)37-91-38-69(18,19)90)56(80)36-49(42(9)10)64(85)72(21)51(31-39(3)4)55(79)34-45(14)54(78)35-46(15)62(83)73(22)52(32-40(5)6)66(87)74(23)53(33-41(7)8)67(88)75(24)57(43(11)12)68(89)77(59)26/h27,29,39-53,57-60,81,90H,28,30-38H2,1-26H3,(H,70,82)/b29-27+/t44-,45-,46+,47-,48-,49+,50+,51+,52+,53+,57+,58+,59?,60-/m1/s1. The van der Waals surface area contributed by atoms with E-state index in [0.29, 0.717) is 6.42 Å². The number of amides is 8. The highest BCUT2D eigenvalue weighted by Gasteiger charge is 2.46. The van der Waals surface area contributed by atoms with E-state index in [1.165, 1.54) is 80.8 Å². The summed E-state index contributed by atoms with van der Waals surface area (Å²) in [5.74, 6) is -12.1. The summed E-state index contributed by atoms with van der Waals surface area (Å²) >= 11 is 0. The van der Waals surface area contributed by atoms with Crippen LogP contribution in [0.3, 0.4) is 0 Å². The van der Waals surface area contributed by atoms with Gasteiger partial charge < -0.3 is 54.6 Å². The third-order valence-electron chi connectivity index (χ3n) is 18.1. The fourth-order valence-corrected chi connectivity index (χ4v) is 12.2. The van der Waals surface area contributed by atoms with Crippen LogP contribution in [-0.2, 0) is 57.5 Å². The largest absolute Gasteiger partial charge is 0.390 e. The predicted octanol–water partition coefficient (Wildman–Crippen LogP) is 6.31. The second kappa shape index (κ2) is 37.3. The average molecular weight is 1290 g/mol. The molecule has 0 saturated carbocycles. The van der Waals surface area contributed by atoms with Gasteiger partial charge in [0.25, 0.3) is 0 Å². The van der Waals surface area contributed by atoms with E-state index < -0.39 is 155 Å². The number of nitrogens with zero attached hydrogens (tertiary/aromatic N) is 7. The highest BCUT2D eigenvalue weighted by atomic mass is 16.5. The van der Waals surface area contributed by atoms with Crippen LogP contribution in [0.4, 0.5) is 0 Å². The van der Waals surface area contributed by atoms with Gasteiger partial charge in [-0.1, -0.05) is 116 Å². The van der Waals surface area contributed by atoms with E-state index in [4.69, 9.17) is 4.74 Å². The molecule has 22 nitrogen and oxygen atoms in total. The van der Waals surface area contributed by atoms with E-state index in [9.17, 15) is 43.8 Å². The van der Waals surface area contributed by atoms with Crippen LogP contribution in [0.2, 0.25) is 0 Å². The predicted molar refractivity (Wildman–Crippen MR) is 353 cm³/mol. The first kappa shape index (κ1) is 83.4. The molecule has 1 saturated heterocycles. The van der Waals surface area contributed by atoms with Gasteiger partial charge in [0, 0.05) is 92.3 Å². The van der Waals surface area contributed by atoms with Crippen LogP contribution in [-0.4, -0.2) is 232 Å². The Labute approximate surface area is 546 Å². The lowest BCUT2D eigenvalue weighted by Gasteiger charge is -2.41. The van der Waals surface area contributed by atoms with E-state index in [0.717, 1.165) is 9.80 Å². The Hall–Kier alpha value is -5.61. The maximum Gasteiger partial charge on any atom is 0.246 e. The zero-order valence-corrected chi connectivity index (χ0v) is 60.6. The molecule has 0 aromatic rings. The number of rotatable bonds is 18. The minimum atomic E-state index is -1.63. The Kier molecular flexibility index (Phi) is 34.2. The maximum atomic E-state index is 15.3. The van der Waals surface area contributed by atoms with Gasteiger partial charge in [-0.2, -0.15) is 0 Å². The quantitative estimate of drug-likeness (QED) is 0.127. The Morgan fingerprint density at radius 3 is 1.44 bits per heavy atom. The van der Waals surface area contributed by atoms with Crippen LogP contribution in [0.25, 0.3) is 0 Å². The summed E-state index contributed by atoms with van der Waals surface area (Å²) in [7, 11) is 10.1. The van der Waals surface area contributed by atoms with Gasteiger partial charge >= 0.3 is 0 Å². The number of nitrogens with one attached hydrogen (secondary N) is 1. The van der Waals surface area contributed by atoms with Crippen molar-refractivity contribution in [2.45, 2.75) is 243 Å². The number of carbonyl (C=O) groups is 11. The number of ether oxygens (including phenoxy) is 1. The second-order valence-corrected chi connectivity index (χ2v) is 29.0. The highest BCUT2D eigenvalue weighted by molar-refractivity contribution is 6.00. The summed E-state index contributed by atoms with van der Waals surface area (Å²) in [5, 5.41) is 25.5. The number of aliphatic hydroxyl groups excluding tert-OH is 1. The molecule has 3 N–H and O–H groups in total. The first-order valence-corrected chi connectivity index (χ1v) is 33.2. The molecule has 1 heterocycles. The lowest BCUT2D eigenvalue weighted by molar-refractivity contribution is -0.157. The van der Waals surface area contributed by atoms with Crippen molar-refractivity contribution in [1.82, 2.24) is 39.6 Å². The number of allylic oxidation sites excluding steroid dienone is 2. The molecular weight excluding hydrogens is 1160 g/mol.